The van der Waals surface area contributed by atoms with E-state index >= 15 is 0 Å². The second-order valence-corrected chi connectivity index (χ2v) is 9.75. The second kappa shape index (κ2) is 9.29. The lowest BCUT2D eigenvalue weighted by atomic mass is 10.1. The van der Waals surface area contributed by atoms with Gasteiger partial charge in [-0.3, -0.25) is 9.52 Å². The molecule has 0 radical (unpaired) electrons. The van der Waals surface area contributed by atoms with Gasteiger partial charge in [-0.15, -0.1) is 11.3 Å². The molecule has 6 nitrogen and oxygen atoms in total. The molecular weight excluding hydrogens is 463 g/mol. The Bertz CT molecular complexity index is 1210. The summed E-state index contributed by atoms with van der Waals surface area (Å²) in [5, 5.41) is 5.00. The van der Waals surface area contributed by atoms with Gasteiger partial charge < -0.3 is 5.32 Å². The fourth-order valence-electron chi connectivity index (χ4n) is 3.02. The number of benzene rings is 2. The first-order chi connectivity index (χ1) is 14.9. The number of alkyl halides is 3. The normalized spacial score (nSPS) is 12.9. The van der Waals surface area contributed by atoms with Crippen LogP contribution in [0, 0.1) is 0 Å². The first kappa shape index (κ1) is 23.7. The molecule has 11 heteroatoms. The Hall–Kier alpha value is -2.92. The summed E-state index contributed by atoms with van der Waals surface area (Å²) in [6, 6.07) is 10.9. The molecule has 0 fully saturated rings. The highest BCUT2D eigenvalue weighted by Gasteiger charge is 2.30. The van der Waals surface area contributed by atoms with E-state index in [1.54, 1.807) is 36.6 Å². The van der Waals surface area contributed by atoms with E-state index in [9.17, 15) is 26.4 Å². The first-order valence-electron chi connectivity index (χ1n) is 9.40. The summed E-state index contributed by atoms with van der Waals surface area (Å²) in [5.74, 6) is -0.323. The summed E-state index contributed by atoms with van der Waals surface area (Å²) < 4.78 is 63.7. The Labute approximate surface area is 187 Å². The molecule has 32 heavy (non-hydrogen) atoms. The van der Waals surface area contributed by atoms with E-state index in [0.29, 0.717) is 27.5 Å². The van der Waals surface area contributed by atoms with Crippen molar-refractivity contribution in [2.24, 2.45) is 0 Å². The Morgan fingerprint density at radius 2 is 1.78 bits per heavy atom. The largest absolute Gasteiger partial charge is 0.416 e. The molecule has 0 aliphatic rings. The number of carbonyl (C=O) groups is 1. The molecule has 3 rings (SSSR count). The van der Waals surface area contributed by atoms with Gasteiger partial charge in [-0.05, 0) is 30.7 Å². The van der Waals surface area contributed by atoms with E-state index in [-0.39, 0.29) is 12.3 Å². The van der Waals surface area contributed by atoms with Crippen molar-refractivity contribution in [3.8, 4) is 10.6 Å². The van der Waals surface area contributed by atoms with E-state index in [0.717, 1.165) is 18.4 Å². The smallest absolute Gasteiger partial charge is 0.349 e. The Morgan fingerprint density at radius 3 is 2.41 bits per heavy atom. The summed E-state index contributed by atoms with van der Waals surface area (Å²) in [6.07, 6.45) is -3.39. The zero-order valence-corrected chi connectivity index (χ0v) is 18.7. The van der Waals surface area contributed by atoms with Gasteiger partial charge in [-0.1, -0.05) is 30.3 Å². The average Bonchev–Trinajstić information content (AvgIpc) is 3.14. The van der Waals surface area contributed by atoms with Gasteiger partial charge in [0.1, 0.15) is 5.01 Å². The van der Waals surface area contributed by atoms with Crippen LogP contribution in [0.4, 0.5) is 18.9 Å². The maximum absolute atomic E-state index is 12.7. The number of anilines is 1. The number of thiazole rings is 1. The number of rotatable bonds is 7. The lowest BCUT2D eigenvalue weighted by molar-refractivity contribution is -0.137. The van der Waals surface area contributed by atoms with Crippen molar-refractivity contribution >= 4 is 33.0 Å². The van der Waals surface area contributed by atoms with E-state index in [1.165, 1.54) is 23.5 Å². The molecule has 3 aromatic rings. The quantitative estimate of drug-likeness (QED) is 0.513. The minimum atomic E-state index is -4.41. The summed E-state index contributed by atoms with van der Waals surface area (Å²) in [5.41, 5.74) is 1.26. The number of hydrogen-bond acceptors (Lipinski definition) is 5. The number of carbonyl (C=O) groups excluding carboxylic acids is 1. The Kier molecular flexibility index (Phi) is 6.89. The Balaban J connectivity index is 1.66. The number of nitrogens with zero attached hydrogens (tertiary/aromatic N) is 1. The number of para-hydroxylation sites is 1. The third kappa shape index (κ3) is 6.30. The molecule has 0 saturated heterocycles. The van der Waals surface area contributed by atoms with Gasteiger partial charge in [0.15, 0.2) is 0 Å². The van der Waals surface area contributed by atoms with Crippen LogP contribution in [0.15, 0.2) is 53.9 Å². The van der Waals surface area contributed by atoms with Crippen LogP contribution in [0.25, 0.3) is 10.6 Å². The van der Waals surface area contributed by atoms with Gasteiger partial charge >= 0.3 is 6.18 Å². The van der Waals surface area contributed by atoms with E-state index in [2.05, 4.69) is 15.0 Å². The van der Waals surface area contributed by atoms with Crippen LogP contribution in [0.3, 0.4) is 0 Å². The molecule has 1 heterocycles. The number of halogens is 3. The van der Waals surface area contributed by atoms with Crippen LogP contribution in [-0.4, -0.2) is 25.6 Å². The molecule has 0 saturated carbocycles. The van der Waals surface area contributed by atoms with Gasteiger partial charge in [0.05, 0.1) is 35.7 Å². The van der Waals surface area contributed by atoms with Crippen LogP contribution in [0.5, 0.6) is 0 Å². The fourth-order valence-corrected chi connectivity index (χ4v) is 4.44. The summed E-state index contributed by atoms with van der Waals surface area (Å²) in [6.45, 7) is 1.73. The van der Waals surface area contributed by atoms with Crippen LogP contribution in [-0.2, 0) is 27.4 Å². The van der Waals surface area contributed by atoms with Crippen molar-refractivity contribution in [2.45, 2.75) is 25.6 Å². The van der Waals surface area contributed by atoms with Crippen LogP contribution < -0.4 is 10.0 Å². The maximum atomic E-state index is 12.7. The molecular formula is C21H20F3N3O3S2. The summed E-state index contributed by atoms with van der Waals surface area (Å²) in [7, 11) is -3.48. The Morgan fingerprint density at radius 1 is 1.12 bits per heavy atom. The number of nitrogens with one attached hydrogen (secondary N) is 2. The van der Waals surface area contributed by atoms with Gasteiger partial charge in [-0.2, -0.15) is 13.2 Å². The van der Waals surface area contributed by atoms with Crippen molar-refractivity contribution in [2.75, 3.05) is 11.0 Å². The minimum Gasteiger partial charge on any atom is -0.349 e. The highest BCUT2D eigenvalue weighted by Crippen LogP contribution is 2.32. The minimum absolute atomic E-state index is 0.0247. The second-order valence-electron chi connectivity index (χ2n) is 7.15. The van der Waals surface area contributed by atoms with Crippen molar-refractivity contribution in [1.29, 1.82) is 0 Å². The third-order valence-electron chi connectivity index (χ3n) is 4.45. The van der Waals surface area contributed by atoms with E-state index < -0.39 is 27.8 Å². The molecule has 2 N–H and O–H groups in total. The zero-order valence-electron chi connectivity index (χ0n) is 17.1. The number of hydrogen-bond donors (Lipinski definition) is 2. The summed E-state index contributed by atoms with van der Waals surface area (Å²) in [4.78, 5) is 16.8. The number of sulfonamides is 1. The molecule has 0 aliphatic carbocycles. The van der Waals surface area contributed by atoms with Crippen LogP contribution >= 0.6 is 11.3 Å². The molecule has 0 bridgehead atoms. The number of amides is 1. The standard InChI is InChI=1S/C21H20F3N3O3S2/c1-13(17-5-3-4-6-18(17)27-32(2,29)30)25-19(28)11-16-12-31-20(26-16)14-7-9-15(10-8-14)21(22,23)24/h3-10,12-13,27H,11H2,1-2H3,(H,25,28). The van der Waals surface area contributed by atoms with Crippen molar-refractivity contribution in [3.05, 3.63) is 70.7 Å². The molecule has 1 atom stereocenters. The van der Waals surface area contributed by atoms with Crippen LogP contribution in [0.2, 0.25) is 0 Å². The van der Waals surface area contributed by atoms with Crippen LogP contribution in [0.1, 0.15) is 29.8 Å². The lowest BCUT2D eigenvalue weighted by Crippen LogP contribution is -2.29. The van der Waals surface area contributed by atoms with Gasteiger partial charge in [-0.25, -0.2) is 13.4 Å². The zero-order chi connectivity index (χ0) is 23.5. The van der Waals surface area contributed by atoms with Crippen molar-refractivity contribution in [3.63, 3.8) is 0 Å². The van der Waals surface area contributed by atoms with E-state index in [1.807, 2.05) is 0 Å². The molecule has 0 spiro atoms. The first-order valence-corrected chi connectivity index (χ1v) is 12.2. The molecule has 1 aromatic heterocycles. The highest BCUT2D eigenvalue weighted by atomic mass is 32.2. The van der Waals surface area contributed by atoms with Crippen molar-refractivity contribution < 1.29 is 26.4 Å². The maximum Gasteiger partial charge on any atom is 0.416 e. The van der Waals surface area contributed by atoms with Gasteiger partial charge in [0.25, 0.3) is 0 Å². The molecule has 2 aromatic carbocycles. The van der Waals surface area contributed by atoms with Gasteiger partial charge in [0.2, 0.25) is 15.9 Å². The highest BCUT2D eigenvalue weighted by molar-refractivity contribution is 7.92. The summed E-state index contributed by atoms with van der Waals surface area (Å²) >= 11 is 1.23. The van der Waals surface area contributed by atoms with Gasteiger partial charge in [0, 0.05) is 10.9 Å². The SMILES string of the molecule is CC(NC(=O)Cc1csc(-c2ccc(C(F)(F)F)cc2)n1)c1ccccc1NS(C)(=O)=O. The predicted octanol–water partition coefficient (Wildman–Crippen LogP) is 4.62. The molecule has 1 amide bonds. The monoisotopic (exact) mass is 483 g/mol. The fraction of sp³-hybridized carbons (Fsp3) is 0.238. The van der Waals surface area contributed by atoms with E-state index in [4.69, 9.17) is 0 Å². The molecule has 1 unspecified atom stereocenters. The lowest BCUT2D eigenvalue weighted by Gasteiger charge is -2.18. The van der Waals surface area contributed by atoms with Crippen molar-refractivity contribution in [1.82, 2.24) is 10.3 Å². The predicted molar refractivity (Wildman–Crippen MR) is 118 cm³/mol. The third-order valence-corrected chi connectivity index (χ3v) is 5.98. The molecule has 0 aliphatic heterocycles. The molecule has 170 valence electrons. The average molecular weight is 484 g/mol. The number of aromatic nitrogens is 1. The topological polar surface area (TPSA) is 88.2 Å².